The molecular formula is C17H22BrCl2N3O. The van der Waals surface area contributed by atoms with Crippen molar-refractivity contribution in [2.75, 3.05) is 20.1 Å². The third-order valence-electron chi connectivity index (χ3n) is 4.32. The van der Waals surface area contributed by atoms with Crippen LogP contribution in [0.4, 0.5) is 0 Å². The topological polar surface area (TPSA) is 45.2 Å². The second-order valence-corrected chi connectivity index (χ2v) is 6.74. The molecule has 1 fully saturated rings. The number of carbonyl (C=O) groups excluding carboxylic acids is 1. The summed E-state index contributed by atoms with van der Waals surface area (Å²) in [5.41, 5.74) is 2.51. The van der Waals surface area contributed by atoms with Crippen LogP contribution in [0.5, 0.6) is 0 Å². The minimum atomic E-state index is 0. The smallest absolute Gasteiger partial charge is 0.254 e. The average Bonchev–Trinajstić information content (AvgIpc) is 2.54. The van der Waals surface area contributed by atoms with Crippen LogP contribution >= 0.6 is 40.7 Å². The van der Waals surface area contributed by atoms with Crippen molar-refractivity contribution in [3.8, 4) is 0 Å². The van der Waals surface area contributed by atoms with E-state index >= 15 is 0 Å². The minimum absolute atomic E-state index is 0. The lowest BCUT2D eigenvalue weighted by Gasteiger charge is -2.32. The number of hydrogen-bond donors (Lipinski definition) is 1. The van der Waals surface area contributed by atoms with E-state index in [1.807, 2.05) is 43.1 Å². The van der Waals surface area contributed by atoms with E-state index in [4.69, 9.17) is 0 Å². The molecule has 2 aromatic rings. The highest BCUT2D eigenvalue weighted by molar-refractivity contribution is 9.10. The Morgan fingerprint density at radius 1 is 1.25 bits per heavy atom. The molecule has 2 heterocycles. The standard InChI is InChI=1S/C17H20BrN3O.2ClH/c1-11-9-15(14-10-12(18)3-4-16(14)20-11)17(22)21-7-5-13(19-2)6-8-21;;/h3-4,9-10,13,19H,5-8H2,1-2H3;2*1H. The predicted octanol–water partition coefficient (Wildman–Crippen LogP) is 3.97. The molecule has 1 amide bonds. The lowest BCUT2D eigenvalue weighted by atomic mass is 10.0. The lowest BCUT2D eigenvalue weighted by molar-refractivity contribution is 0.0709. The van der Waals surface area contributed by atoms with Crippen LogP contribution in [0.25, 0.3) is 10.9 Å². The molecule has 1 saturated heterocycles. The summed E-state index contributed by atoms with van der Waals surface area (Å²) in [6, 6.07) is 8.32. The SMILES string of the molecule is CNC1CCN(C(=O)c2cc(C)nc3ccc(Br)cc23)CC1.Cl.Cl. The van der Waals surface area contributed by atoms with Crippen molar-refractivity contribution < 1.29 is 4.79 Å². The number of piperidine rings is 1. The molecule has 0 saturated carbocycles. The molecular weight excluding hydrogens is 413 g/mol. The lowest BCUT2D eigenvalue weighted by Crippen LogP contribution is -2.44. The van der Waals surface area contributed by atoms with E-state index in [0.717, 1.165) is 52.6 Å². The van der Waals surface area contributed by atoms with Gasteiger partial charge in [0.25, 0.3) is 5.91 Å². The number of nitrogens with zero attached hydrogens (tertiary/aromatic N) is 2. The van der Waals surface area contributed by atoms with Gasteiger partial charge >= 0.3 is 0 Å². The largest absolute Gasteiger partial charge is 0.339 e. The number of halogens is 3. The van der Waals surface area contributed by atoms with Crippen LogP contribution in [-0.2, 0) is 0 Å². The Morgan fingerprint density at radius 2 is 1.92 bits per heavy atom. The number of hydrogen-bond acceptors (Lipinski definition) is 3. The Labute approximate surface area is 163 Å². The first kappa shape index (κ1) is 21.2. The molecule has 1 N–H and O–H groups in total. The number of rotatable bonds is 2. The zero-order chi connectivity index (χ0) is 15.7. The summed E-state index contributed by atoms with van der Waals surface area (Å²) in [7, 11) is 1.99. The van der Waals surface area contributed by atoms with Crippen molar-refractivity contribution in [2.45, 2.75) is 25.8 Å². The molecule has 0 aliphatic carbocycles. The van der Waals surface area contributed by atoms with Gasteiger partial charge in [-0.05, 0) is 51.1 Å². The van der Waals surface area contributed by atoms with Crippen molar-refractivity contribution in [3.05, 3.63) is 40.0 Å². The second-order valence-electron chi connectivity index (χ2n) is 5.83. The number of benzene rings is 1. The van der Waals surface area contributed by atoms with Crippen molar-refractivity contribution in [2.24, 2.45) is 0 Å². The van der Waals surface area contributed by atoms with Gasteiger partial charge in [0, 0.05) is 34.7 Å². The van der Waals surface area contributed by atoms with Crippen molar-refractivity contribution >= 4 is 57.6 Å². The van der Waals surface area contributed by atoms with E-state index in [2.05, 4.69) is 26.2 Å². The Hall–Kier alpha value is -0.880. The number of aryl methyl sites for hydroxylation is 1. The minimum Gasteiger partial charge on any atom is -0.339 e. The van der Waals surface area contributed by atoms with Crippen molar-refractivity contribution in [3.63, 3.8) is 0 Å². The molecule has 4 nitrogen and oxygen atoms in total. The molecule has 0 spiro atoms. The van der Waals surface area contributed by atoms with Gasteiger partial charge in [-0.25, -0.2) is 0 Å². The molecule has 24 heavy (non-hydrogen) atoms. The number of pyridine rings is 1. The summed E-state index contributed by atoms with van der Waals surface area (Å²) in [5.74, 6) is 0.114. The molecule has 3 rings (SSSR count). The van der Waals surface area contributed by atoms with Crippen molar-refractivity contribution in [1.29, 1.82) is 0 Å². The highest BCUT2D eigenvalue weighted by Gasteiger charge is 2.24. The van der Waals surface area contributed by atoms with Crippen LogP contribution in [0.15, 0.2) is 28.7 Å². The Balaban J connectivity index is 0.00000144. The molecule has 0 bridgehead atoms. The fraction of sp³-hybridized carbons (Fsp3) is 0.412. The van der Waals surface area contributed by atoms with Crippen LogP contribution < -0.4 is 5.32 Å². The monoisotopic (exact) mass is 433 g/mol. The third kappa shape index (κ3) is 4.39. The van der Waals surface area contributed by atoms with Gasteiger partial charge in [-0.1, -0.05) is 15.9 Å². The number of likely N-dealkylation sites (tertiary alicyclic amines) is 1. The normalized spacial score (nSPS) is 14.9. The Bertz CT molecular complexity index is 718. The van der Waals surface area contributed by atoms with Gasteiger partial charge in [0.1, 0.15) is 0 Å². The number of amides is 1. The third-order valence-corrected chi connectivity index (χ3v) is 4.81. The number of fused-ring (bicyclic) bond motifs is 1. The molecule has 7 heteroatoms. The number of aromatic nitrogens is 1. The zero-order valence-corrected chi connectivity index (χ0v) is 16.9. The first-order chi connectivity index (χ1) is 10.6. The van der Waals surface area contributed by atoms with Crippen LogP contribution in [-0.4, -0.2) is 42.0 Å². The van der Waals surface area contributed by atoms with E-state index < -0.39 is 0 Å². The summed E-state index contributed by atoms with van der Waals surface area (Å²) in [5, 5.41) is 4.21. The van der Waals surface area contributed by atoms with E-state index in [1.165, 1.54) is 0 Å². The first-order valence-corrected chi connectivity index (χ1v) is 8.41. The second kappa shape index (κ2) is 8.99. The molecule has 1 aliphatic heterocycles. The van der Waals surface area contributed by atoms with Gasteiger partial charge in [-0.15, -0.1) is 24.8 Å². The van der Waals surface area contributed by atoms with E-state index in [0.29, 0.717) is 6.04 Å². The number of carbonyl (C=O) groups is 1. The van der Waals surface area contributed by atoms with Gasteiger partial charge in [0.05, 0.1) is 11.1 Å². The van der Waals surface area contributed by atoms with Crippen LogP contribution in [0.3, 0.4) is 0 Å². The van der Waals surface area contributed by atoms with Gasteiger partial charge in [-0.3, -0.25) is 9.78 Å². The summed E-state index contributed by atoms with van der Waals surface area (Å²) >= 11 is 3.49. The maximum Gasteiger partial charge on any atom is 0.254 e. The quantitative estimate of drug-likeness (QED) is 0.777. The molecule has 1 aromatic heterocycles. The number of nitrogens with one attached hydrogen (secondary N) is 1. The molecule has 0 unspecified atom stereocenters. The first-order valence-electron chi connectivity index (χ1n) is 7.62. The van der Waals surface area contributed by atoms with E-state index in [9.17, 15) is 4.79 Å². The van der Waals surface area contributed by atoms with E-state index in [1.54, 1.807) is 0 Å². The van der Waals surface area contributed by atoms with Gasteiger partial charge in [0.15, 0.2) is 0 Å². The van der Waals surface area contributed by atoms with Crippen LogP contribution in [0.2, 0.25) is 0 Å². The fourth-order valence-electron chi connectivity index (χ4n) is 3.05. The fourth-order valence-corrected chi connectivity index (χ4v) is 3.41. The summed E-state index contributed by atoms with van der Waals surface area (Å²) in [4.78, 5) is 19.4. The maximum atomic E-state index is 12.9. The highest BCUT2D eigenvalue weighted by atomic mass is 79.9. The summed E-state index contributed by atoms with van der Waals surface area (Å²) in [6.07, 6.45) is 2.02. The summed E-state index contributed by atoms with van der Waals surface area (Å²) in [6.45, 7) is 3.55. The van der Waals surface area contributed by atoms with Gasteiger partial charge in [-0.2, -0.15) is 0 Å². The molecule has 0 atom stereocenters. The van der Waals surface area contributed by atoms with Crippen molar-refractivity contribution in [1.82, 2.24) is 15.2 Å². The molecule has 1 aromatic carbocycles. The average molecular weight is 435 g/mol. The Morgan fingerprint density at radius 3 is 2.54 bits per heavy atom. The predicted molar refractivity (Wildman–Crippen MR) is 107 cm³/mol. The van der Waals surface area contributed by atoms with E-state index in [-0.39, 0.29) is 30.7 Å². The summed E-state index contributed by atoms with van der Waals surface area (Å²) < 4.78 is 0.966. The Kier molecular flexibility index (Phi) is 7.93. The van der Waals surface area contributed by atoms with Gasteiger partial charge < -0.3 is 10.2 Å². The maximum absolute atomic E-state index is 12.9. The highest BCUT2D eigenvalue weighted by Crippen LogP contribution is 2.25. The van der Waals surface area contributed by atoms with Crippen LogP contribution in [0, 0.1) is 6.92 Å². The molecule has 1 aliphatic rings. The van der Waals surface area contributed by atoms with Gasteiger partial charge in [0.2, 0.25) is 0 Å². The molecule has 0 radical (unpaired) electrons. The zero-order valence-electron chi connectivity index (χ0n) is 13.7. The molecule has 132 valence electrons. The van der Waals surface area contributed by atoms with Crippen LogP contribution in [0.1, 0.15) is 28.9 Å².